The molecule has 2 aromatic heterocycles. The Kier molecular flexibility index (Phi) is 4.04. The average Bonchev–Trinajstić information content (AvgIpc) is 2.82. The van der Waals surface area contributed by atoms with Crippen molar-refractivity contribution < 1.29 is 4.79 Å². The molecule has 0 aromatic carbocycles. The molecule has 94 valence electrons. The largest absolute Gasteiger partial charge is 0.294 e. The lowest BCUT2D eigenvalue weighted by atomic mass is 10.4. The lowest BCUT2D eigenvalue weighted by Gasteiger charge is -2.02. The Morgan fingerprint density at radius 3 is 3.11 bits per heavy atom. The molecule has 9 heteroatoms. The maximum Gasteiger partial charge on any atom is 0.294 e. The van der Waals surface area contributed by atoms with E-state index >= 15 is 0 Å². The molecule has 0 spiro atoms. The molecule has 18 heavy (non-hydrogen) atoms. The summed E-state index contributed by atoms with van der Waals surface area (Å²) >= 11 is 3.09. The molecule has 0 saturated heterocycles. The summed E-state index contributed by atoms with van der Waals surface area (Å²) in [5.41, 5.74) is 2.49. The van der Waals surface area contributed by atoms with Crippen molar-refractivity contribution >= 4 is 39.8 Å². The molecule has 0 radical (unpaired) electrons. The van der Waals surface area contributed by atoms with Gasteiger partial charge in [0, 0.05) is 11.6 Å². The zero-order chi connectivity index (χ0) is 13.1. The van der Waals surface area contributed by atoms with Gasteiger partial charge < -0.3 is 0 Å². The molecule has 3 N–H and O–H groups in total. The van der Waals surface area contributed by atoms with Crippen molar-refractivity contribution in [2.75, 3.05) is 0 Å². The number of hydrogen-bond donors (Lipinski definition) is 2. The Hall–Kier alpha value is -1.33. The van der Waals surface area contributed by atoms with Gasteiger partial charge in [-0.15, -0.1) is 11.3 Å². The second-order valence-corrected chi connectivity index (χ2v) is 5.31. The highest BCUT2D eigenvalue weighted by Crippen LogP contribution is 2.10. The predicted molar refractivity (Wildman–Crippen MR) is 74.1 cm³/mol. The predicted octanol–water partition coefficient (Wildman–Crippen LogP) is -0.0438. The van der Waals surface area contributed by atoms with Crippen LogP contribution in [0, 0.1) is 3.57 Å². The normalized spacial score (nSPS) is 10.3. The average molecular weight is 377 g/mol. The summed E-state index contributed by atoms with van der Waals surface area (Å²) < 4.78 is 1.96. The van der Waals surface area contributed by atoms with Crippen LogP contribution in [0.15, 0.2) is 22.7 Å². The Morgan fingerprint density at radius 2 is 2.39 bits per heavy atom. The van der Waals surface area contributed by atoms with E-state index in [1.165, 1.54) is 28.4 Å². The number of hydrogen-bond acceptors (Lipinski definition) is 6. The van der Waals surface area contributed by atoms with Crippen LogP contribution in [0.25, 0.3) is 0 Å². The number of halogens is 1. The Morgan fingerprint density at radius 1 is 1.61 bits per heavy atom. The quantitative estimate of drug-likeness (QED) is 0.338. The molecule has 0 unspecified atom stereocenters. The number of carbonyl (C=O) groups excluding carboxylic acids is 1. The van der Waals surface area contributed by atoms with Crippen LogP contribution < -0.4 is 16.8 Å². The summed E-state index contributed by atoms with van der Waals surface area (Å²) in [6, 6.07) is 0. The highest BCUT2D eigenvalue weighted by atomic mass is 127. The molecule has 0 fully saturated rings. The summed E-state index contributed by atoms with van der Waals surface area (Å²) in [6.45, 7) is 0.275. The molecule has 0 bridgehead atoms. The minimum Gasteiger partial charge on any atom is -0.292 e. The van der Waals surface area contributed by atoms with Gasteiger partial charge in [-0.25, -0.2) is 15.8 Å². The zero-order valence-electron chi connectivity index (χ0n) is 8.96. The molecule has 2 aromatic rings. The van der Waals surface area contributed by atoms with E-state index in [1.807, 2.05) is 28.0 Å². The van der Waals surface area contributed by atoms with Crippen LogP contribution in [0.3, 0.4) is 0 Å². The van der Waals surface area contributed by atoms with E-state index < -0.39 is 5.91 Å². The highest BCUT2D eigenvalue weighted by Gasteiger charge is 2.10. The first-order valence-corrected chi connectivity index (χ1v) is 6.73. The molecule has 1 amide bonds. The Labute approximate surface area is 119 Å². The summed E-state index contributed by atoms with van der Waals surface area (Å²) in [7, 11) is 0. The van der Waals surface area contributed by atoms with Gasteiger partial charge in [0.1, 0.15) is 0 Å². The van der Waals surface area contributed by atoms with Crippen LogP contribution in [-0.4, -0.2) is 20.4 Å². The van der Waals surface area contributed by atoms with Crippen LogP contribution in [-0.2, 0) is 6.54 Å². The zero-order valence-corrected chi connectivity index (χ0v) is 11.9. The van der Waals surface area contributed by atoms with E-state index in [4.69, 9.17) is 5.84 Å². The van der Waals surface area contributed by atoms with Gasteiger partial charge in [-0.1, -0.05) is 0 Å². The minimum atomic E-state index is -0.445. The van der Waals surface area contributed by atoms with Gasteiger partial charge in [-0.05, 0) is 22.6 Å². The highest BCUT2D eigenvalue weighted by molar-refractivity contribution is 14.1. The number of carbonyl (C=O) groups is 1. The number of nitrogens with two attached hydrogens (primary N) is 1. The van der Waals surface area contributed by atoms with Gasteiger partial charge in [-0.3, -0.25) is 19.6 Å². The molecule has 7 nitrogen and oxygen atoms in total. The van der Waals surface area contributed by atoms with Crippen molar-refractivity contribution in [1.82, 2.24) is 20.0 Å². The summed E-state index contributed by atoms with van der Waals surface area (Å²) in [5, 5.41) is 1.97. The number of aromatic nitrogens is 3. The SMILES string of the molecule is NNC(=O)c1nc(Cn2cncc(I)c2=O)cs1. The van der Waals surface area contributed by atoms with Crippen LogP contribution in [0.1, 0.15) is 15.5 Å². The lowest BCUT2D eigenvalue weighted by molar-refractivity contribution is 0.0953. The first kappa shape index (κ1) is 13.1. The lowest BCUT2D eigenvalue weighted by Crippen LogP contribution is -2.30. The molecular formula is C9H8IN5O2S. The van der Waals surface area contributed by atoms with Gasteiger partial charge >= 0.3 is 0 Å². The molecular weight excluding hydrogens is 369 g/mol. The van der Waals surface area contributed by atoms with Crippen molar-refractivity contribution in [2.45, 2.75) is 6.54 Å². The summed E-state index contributed by atoms with van der Waals surface area (Å²) in [5.74, 6) is 4.57. The molecule has 0 aliphatic heterocycles. The fraction of sp³-hybridized carbons (Fsp3) is 0.111. The number of thiazole rings is 1. The van der Waals surface area contributed by atoms with Crippen molar-refractivity contribution in [3.8, 4) is 0 Å². The van der Waals surface area contributed by atoms with E-state index in [0.717, 1.165) is 0 Å². The molecule has 2 heterocycles. The van der Waals surface area contributed by atoms with Gasteiger partial charge in [0.05, 0.1) is 22.1 Å². The van der Waals surface area contributed by atoms with E-state index in [2.05, 4.69) is 9.97 Å². The van der Waals surface area contributed by atoms with Gasteiger partial charge in [-0.2, -0.15) is 0 Å². The third-order valence-electron chi connectivity index (χ3n) is 2.07. The molecule has 2 rings (SSSR count). The van der Waals surface area contributed by atoms with Gasteiger partial charge in [0.25, 0.3) is 11.5 Å². The second kappa shape index (κ2) is 5.54. The van der Waals surface area contributed by atoms with E-state index in [0.29, 0.717) is 9.26 Å². The topological polar surface area (TPSA) is 103 Å². The molecule has 0 atom stereocenters. The first-order chi connectivity index (χ1) is 8.61. The number of amides is 1. The Balaban J connectivity index is 2.24. The van der Waals surface area contributed by atoms with E-state index in [9.17, 15) is 9.59 Å². The van der Waals surface area contributed by atoms with Crippen LogP contribution in [0.4, 0.5) is 0 Å². The number of rotatable bonds is 3. The third kappa shape index (κ3) is 2.73. The number of hydrazine groups is 1. The fourth-order valence-electron chi connectivity index (χ4n) is 1.26. The standard InChI is InChI=1S/C9H8IN5O2S/c10-6-1-12-4-15(9(6)17)2-5-3-18-8(13-5)7(16)14-11/h1,3-4H,2,11H2,(H,14,16). The summed E-state index contributed by atoms with van der Waals surface area (Å²) in [6.07, 6.45) is 2.93. The second-order valence-electron chi connectivity index (χ2n) is 3.29. The van der Waals surface area contributed by atoms with E-state index in [1.54, 1.807) is 5.38 Å². The van der Waals surface area contributed by atoms with Crippen LogP contribution in [0.5, 0.6) is 0 Å². The van der Waals surface area contributed by atoms with Crippen molar-refractivity contribution in [3.05, 3.63) is 42.5 Å². The summed E-state index contributed by atoms with van der Waals surface area (Å²) in [4.78, 5) is 31.0. The Bertz CT molecular complexity index is 638. The smallest absolute Gasteiger partial charge is 0.292 e. The molecule has 0 aliphatic rings. The monoisotopic (exact) mass is 377 g/mol. The maximum absolute atomic E-state index is 11.8. The van der Waals surface area contributed by atoms with Crippen LogP contribution in [0.2, 0.25) is 0 Å². The van der Waals surface area contributed by atoms with Gasteiger partial charge in [0.15, 0.2) is 5.01 Å². The van der Waals surface area contributed by atoms with E-state index in [-0.39, 0.29) is 17.1 Å². The first-order valence-electron chi connectivity index (χ1n) is 4.77. The number of nitrogen functional groups attached to an aromatic ring is 1. The fourth-order valence-corrected chi connectivity index (χ4v) is 2.44. The van der Waals surface area contributed by atoms with Crippen molar-refractivity contribution in [3.63, 3.8) is 0 Å². The van der Waals surface area contributed by atoms with Crippen LogP contribution >= 0.6 is 33.9 Å². The van der Waals surface area contributed by atoms with Crippen molar-refractivity contribution in [2.24, 2.45) is 5.84 Å². The molecule has 0 aliphatic carbocycles. The van der Waals surface area contributed by atoms with Crippen molar-refractivity contribution in [1.29, 1.82) is 0 Å². The molecule has 0 saturated carbocycles. The number of nitrogens with one attached hydrogen (secondary N) is 1. The minimum absolute atomic E-state index is 0.136. The third-order valence-corrected chi connectivity index (χ3v) is 3.70. The maximum atomic E-state index is 11.8. The number of nitrogens with zero attached hydrogens (tertiary/aromatic N) is 3. The van der Waals surface area contributed by atoms with Gasteiger partial charge in [0.2, 0.25) is 0 Å².